The van der Waals surface area contributed by atoms with Crippen LogP contribution in [0.25, 0.3) is 0 Å². The molecule has 2 aromatic rings. The minimum atomic E-state index is -1.03. The Kier molecular flexibility index (Phi) is 17.0. The van der Waals surface area contributed by atoms with E-state index in [1.165, 1.54) is 24.1 Å². The summed E-state index contributed by atoms with van der Waals surface area (Å²) in [4.78, 5) is 28.3. The number of pyridine rings is 1. The molecule has 38 heavy (non-hydrogen) atoms. The summed E-state index contributed by atoms with van der Waals surface area (Å²) in [5.74, 6) is 0.956. The van der Waals surface area contributed by atoms with Gasteiger partial charge in [0.05, 0.1) is 0 Å². The zero-order valence-corrected chi connectivity index (χ0v) is 22.8. The summed E-state index contributed by atoms with van der Waals surface area (Å²) >= 11 is 0. The molecule has 0 bridgehead atoms. The number of unbranched alkanes of at least 4 members (excludes halogenated alkanes) is 1. The zero-order valence-electron chi connectivity index (χ0n) is 22.8. The Bertz CT molecular complexity index is 939. The van der Waals surface area contributed by atoms with Crippen molar-refractivity contribution in [2.45, 2.75) is 57.4 Å². The minimum Gasteiger partial charge on any atom is -0.525 e. The van der Waals surface area contributed by atoms with Crippen LogP contribution in [0.3, 0.4) is 0 Å². The number of aliphatic carboxylic acids is 1. The largest absolute Gasteiger partial charge is 1.00 e. The van der Waals surface area contributed by atoms with Gasteiger partial charge < -0.3 is 46.1 Å². The topological polar surface area (TPSA) is 104 Å². The first-order valence-electron chi connectivity index (χ1n) is 13.0. The average Bonchev–Trinajstić information content (AvgIpc) is 3.47. The van der Waals surface area contributed by atoms with E-state index < -0.39 is 12.0 Å². The summed E-state index contributed by atoms with van der Waals surface area (Å²) in [7, 11) is 0. The van der Waals surface area contributed by atoms with Crippen LogP contribution in [0.1, 0.15) is 49.8 Å². The number of benzene rings is 1. The average molecular weight is 517 g/mol. The number of aryl methyl sites for hydroxylation is 2. The van der Waals surface area contributed by atoms with E-state index in [1.54, 1.807) is 4.90 Å². The number of fused-ring (bicyclic) bond motifs is 1. The second kappa shape index (κ2) is 19.4. The molecule has 4 rings (SSSR count). The van der Waals surface area contributed by atoms with Gasteiger partial charge in [-0.2, -0.15) is 12.8 Å². The van der Waals surface area contributed by atoms with E-state index in [4.69, 9.17) is 9.84 Å². The molecular formula is C29H41LiN4O4-2. The minimum absolute atomic E-state index is 0. The Hall–Kier alpha value is -2.69. The third kappa shape index (κ3) is 12.2. The maximum absolute atomic E-state index is 11.4. The van der Waals surface area contributed by atoms with Crippen LogP contribution in [0.15, 0.2) is 42.5 Å². The summed E-state index contributed by atoms with van der Waals surface area (Å²) in [6.07, 6.45) is 7.73. The second-order valence-corrected chi connectivity index (χ2v) is 8.78. The molecule has 2 aliphatic heterocycles. The maximum atomic E-state index is 11.4. The molecule has 1 saturated heterocycles. The number of carboxylic acids is 1. The summed E-state index contributed by atoms with van der Waals surface area (Å²) in [5.41, 5.74) is 2.57. The number of aromatic nitrogens is 1. The number of anilines is 1. The van der Waals surface area contributed by atoms with Crippen LogP contribution in [-0.2, 0) is 17.6 Å². The van der Waals surface area contributed by atoms with Crippen LogP contribution in [0.5, 0.6) is 5.75 Å². The Morgan fingerprint density at radius 2 is 1.79 bits per heavy atom. The number of para-hydroxylation sites is 1. The summed E-state index contributed by atoms with van der Waals surface area (Å²) in [5, 5.41) is 14.5. The Balaban J connectivity index is 0.000000289. The van der Waals surface area contributed by atoms with Crippen molar-refractivity contribution in [1.29, 1.82) is 0 Å². The van der Waals surface area contributed by atoms with E-state index in [2.05, 4.69) is 48.5 Å². The molecule has 2 amide bonds. The molecule has 0 spiro atoms. The number of hydrogen-bond acceptors (Lipinski definition) is 5. The molecule has 0 saturated carbocycles. The molecular weight excluding hydrogens is 475 g/mol. The van der Waals surface area contributed by atoms with Gasteiger partial charge in [0, 0.05) is 25.3 Å². The van der Waals surface area contributed by atoms with E-state index >= 15 is 0 Å². The van der Waals surface area contributed by atoms with Crippen molar-refractivity contribution in [3.05, 3.63) is 74.5 Å². The number of hydrogen-bond donors (Lipinski definition) is 3. The number of nitrogens with one attached hydrogen (secondary N) is 2. The molecule has 3 N–H and O–H groups in total. The first-order valence-corrected chi connectivity index (χ1v) is 13.0. The van der Waals surface area contributed by atoms with Crippen molar-refractivity contribution in [3.63, 3.8) is 0 Å². The first kappa shape index (κ1) is 33.3. The van der Waals surface area contributed by atoms with Gasteiger partial charge in [-0.25, -0.2) is 9.78 Å². The summed E-state index contributed by atoms with van der Waals surface area (Å²) in [6, 6.07) is 12.8. The molecule has 0 aliphatic carbocycles. The van der Waals surface area contributed by atoms with Gasteiger partial charge in [0.25, 0.3) is 0 Å². The quantitative estimate of drug-likeness (QED) is 0.366. The van der Waals surface area contributed by atoms with Crippen LogP contribution in [0.2, 0.25) is 0 Å². The van der Waals surface area contributed by atoms with Gasteiger partial charge in [0.2, 0.25) is 0 Å². The monoisotopic (exact) mass is 516 g/mol. The van der Waals surface area contributed by atoms with Crippen molar-refractivity contribution < 1.29 is 38.3 Å². The van der Waals surface area contributed by atoms with Crippen molar-refractivity contribution in [2.24, 2.45) is 0 Å². The standard InChI is InChI=1S/C12H17N2.C9H15N2O3.C8H9O.Li/c1-2-3-6-11-8-7-10-5-4-9-13-12(10)14-11;1-2-7(8(12)13)10-9(14)11-5-3-4-6-11;1-2-9-8-6-4-3-5-7-8;/h7-8H,1-6,9H2,(H,13,14);7H,1-6H2,(H,10,14)(H,12,13);3-7H,1-2H2;/q3*-1;+1/t;7-;;/m.0../s1. The van der Waals surface area contributed by atoms with Crippen LogP contribution < -0.4 is 34.2 Å². The van der Waals surface area contributed by atoms with Gasteiger partial charge in [-0.3, -0.25) is 4.79 Å². The van der Waals surface area contributed by atoms with Crippen molar-refractivity contribution in [3.8, 4) is 5.75 Å². The van der Waals surface area contributed by atoms with Crippen LogP contribution in [-0.4, -0.2) is 59.3 Å². The number of amides is 2. The Labute approximate surface area is 240 Å². The van der Waals surface area contributed by atoms with Gasteiger partial charge in [-0.1, -0.05) is 30.7 Å². The van der Waals surface area contributed by atoms with Crippen molar-refractivity contribution >= 4 is 17.8 Å². The molecule has 8 nitrogen and oxygen atoms in total. The second-order valence-electron chi connectivity index (χ2n) is 8.78. The molecule has 1 fully saturated rings. The zero-order chi connectivity index (χ0) is 26.9. The molecule has 0 radical (unpaired) electrons. The number of ether oxygens (including phenoxy) is 1. The van der Waals surface area contributed by atoms with Crippen molar-refractivity contribution in [1.82, 2.24) is 15.2 Å². The number of carboxylic acid groups (broad SMARTS) is 1. The molecule has 3 heterocycles. The first-order chi connectivity index (χ1) is 18.0. The number of carbonyl (C=O) groups is 2. The molecule has 0 unspecified atom stereocenters. The van der Waals surface area contributed by atoms with Gasteiger partial charge >= 0.3 is 30.9 Å². The molecule has 9 heteroatoms. The van der Waals surface area contributed by atoms with E-state index in [9.17, 15) is 9.59 Å². The maximum Gasteiger partial charge on any atom is 1.00 e. The molecule has 204 valence electrons. The number of urea groups is 1. The predicted molar refractivity (Wildman–Crippen MR) is 147 cm³/mol. The third-order valence-electron chi connectivity index (χ3n) is 5.92. The van der Waals surface area contributed by atoms with Gasteiger partial charge in [0.1, 0.15) is 17.6 Å². The number of likely N-dealkylation sites (tertiary alicyclic amines) is 1. The van der Waals surface area contributed by atoms with E-state index in [-0.39, 0.29) is 31.3 Å². The van der Waals surface area contributed by atoms with E-state index in [0.717, 1.165) is 63.3 Å². The van der Waals surface area contributed by atoms with Gasteiger partial charge in [0.15, 0.2) is 0 Å². The van der Waals surface area contributed by atoms with Gasteiger partial charge in [-0.15, -0.1) is 0 Å². The number of rotatable bonds is 8. The Morgan fingerprint density at radius 3 is 2.39 bits per heavy atom. The molecule has 1 aromatic heterocycles. The summed E-state index contributed by atoms with van der Waals surface area (Å²) < 4.78 is 5.09. The fourth-order valence-electron chi connectivity index (χ4n) is 3.87. The van der Waals surface area contributed by atoms with E-state index in [0.29, 0.717) is 6.61 Å². The summed E-state index contributed by atoms with van der Waals surface area (Å²) in [6.45, 7) is 13.9. The smallest absolute Gasteiger partial charge is 0.525 e. The van der Waals surface area contributed by atoms with E-state index in [1.807, 2.05) is 30.3 Å². The fourth-order valence-corrected chi connectivity index (χ4v) is 3.87. The number of nitrogens with zero attached hydrogens (tertiary/aromatic N) is 2. The SMILES string of the molecule is [CH2-]CCCc1ccc2c(n1)NCCC2.[CH2-]COc1ccccc1.[CH2-]C[C@H](NC(=O)N1CCCC1)C(=O)O.[Li+]. The normalized spacial score (nSPS) is 14.1. The van der Waals surface area contributed by atoms with Crippen LogP contribution in [0.4, 0.5) is 10.6 Å². The third-order valence-corrected chi connectivity index (χ3v) is 5.92. The van der Waals surface area contributed by atoms with Crippen molar-refractivity contribution in [2.75, 3.05) is 31.6 Å². The molecule has 1 aromatic carbocycles. The predicted octanol–water partition coefficient (Wildman–Crippen LogP) is 1.97. The Morgan fingerprint density at radius 1 is 1.08 bits per heavy atom. The molecule has 1 atom stereocenters. The van der Waals surface area contributed by atoms with Crippen LogP contribution in [0, 0.1) is 20.8 Å². The van der Waals surface area contributed by atoms with Crippen LogP contribution >= 0.6 is 0 Å². The fraction of sp³-hybridized carbons (Fsp3) is 0.448. The molecule has 2 aliphatic rings. The number of carbonyl (C=O) groups excluding carboxylic acids is 1. The van der Waals surface area contributed by atoms with Gasteiger partial charge in [-0.05, 0) is 62.5 Å².